The van der Waals surface area contributed by atoms with E-state index in [4.69, 9.17) is 8.92 Å². The molecule has 0 unspecified atom stereocenters. The van der Waals surface area contributed by atoms with Crippen molar-refractivity contribution in [3.63, 3.8) is 0 Å². The van der Waals surface area contributed by atoms with Crippen molar-refractivity contribution < 1.29 is 17.3 Å². The monoisotopic (exact) mass is 220 g/mol. The highest BCUT2D eigenvalue weighted by Crippen LogP contribution is 2.50. The maximum Gasteiger partial charge on any atom is 0.264 e. The van der Waals surface area contributed by atoms with E-state index in [2.05, 4.69) is 0 Å². The van der Waals surface area contributed by atoms with Gasteiger partial charge in [-0.3, -0.25) is 4.18 Å². The third-order valence-corrected chi connectivity index (χ3v) is 3.81. The zero-order valence-electron chi connectivity index (χ0n) is 8.36. The van der Waals surface area contributed by atoms with Gasteiger partial charge in [0.1, 0.15) is 0 Å². The third kappa shape index (κ3) is 2.27. The maximum absolute atomic E-state index is 10.9. The first-order valence-corrected chi connectivity index (χ1v) is 6.77. The molecule has 1 aliphatic carbocycles. The fourth-order valence-corrected chi connectivity index (χ4v) is 3.06. The topological polar surface area (TPSA) is 52.6 Å². The Morgan fingerprint density at radius 3 is 2.36 bits per heavy atom. The van der Waals surface area contributed by atoms with Crippen LogP contribution in [0.4, 0.5) is 0 Å². The molecule has 1 spiro atoms. The SMILES string of the molecule is CS(=O)(=O)OC1CC2(CCOCC2)C1. The Kier molecular flexibility index (Phi) is 2.57. The second kappa shape index (κ2) is 3.47. The lowest BCUT2D eigenvalue weighted by Gasteiger charge is -2.48. The third-order valence-electron chi connectivity index (χ3n) is 3.19. The van der Waals surface area contributed by atoms with Crippen molar-refractivity contribution in [2.24, 2.45) is 5.41 Å². The molecule has 0 atom stereocenters. The van der Waals surface area contributed by atoms with Gasteiger partial charge in [0.15, 0.2) is 0 Å². The second-order valence-electron chi connectivity index (χ2n) is 4.44. The average Bonchev–Trinajstić information content (AvgIpc) is 2.00. The van der Waals surface area contributed by atoms with E-state index in [-0.39, 0.29) is 6.10 Å². The van der Waals surface area contributed by atoms with E-state index in [1.165, 1.54) is 0 Å². The van der Waals surface area contributed by atoms with Crippen molar-refractivity contribution in [1.29, 1.82) is 0 Å². The Balaban J connectivity index is 1.83. The van der Waals surface area contributed by atoms with Gasteiger partial charge in [0, 0.05) is 13.2 Å². The van der Waals surface area contributed by atoms with Gasteiger partial charge in [-0.25, -0.2) is 0 Å². The summed E-state index contributed by atoms with van der Waals surface area (Å²) in [7, 11) is -3.27. The molecule has 0 radical (unpaired) electrons. The van der Waals surface area contributed by atoms with Gasteiger partial charge in [-0.2, -0.15) is 8.42 Å². The zero-order chi connectivity index (χ0) is 10.2. The van der Waals surface area contributed by atoms with Crippen molar-refractivity contribution in [3.8, 4) is 0 Å². The summed E-state index contributed by atoms with van der Waals surface area (Å²) in [5.74, 6) is 0. The van der Waals surface area contributed by atoms with Crippen LogP contribution in [0.15, 0.2) is 0 Å². The molecule has 1 aliphatic heterocycles. The number of hydrogen-bond donors (Lipinski definition) is 0. The summed E-state index contributed by atoms with van der Waals surface area (Å²) in [5, 5.41) is 0. The molecule has 82 valence electrons. The number of hydrogen-bond acceptors (Lipinski definition) is 4. The molecule has 1 saturated carbocycles. The van der Waals surface area contributed by atoms with Crippen LogP contribution in [0.25, 0.3) is 0 Å². The van der Waals surface area contributed by atoms with Crippen LogP contribution >= 0.6 is 0 Å². The summed E-state index contributed by atoms with van der Waals surface area (Å²) >= 11 is 0. The quantitative estimate of drug-likeness (QED) is 0.649. The summed E-state index contributed by atoms with van der Waals surface area (Å²) in [5.41, 5.74) is 0.327. The molecular weight excluding hydrogens is 204 g/mol. The fraction of sp³-hybridized carbons (Fsp3) is 1.00. The predicted octanol–water partition coefficient (Wildman–Crippen LogP) is 0.922. The van der Waals surface area contributed by atoms with E-state index in [0.717, 1.165) is 45.2 Å². The van der Waals surface area contributed by atoms with E-state index in [1.807, 2.05) is 0 Å². The molecule has 0 bridgehead atoms. The minimum Gasteiger partial charge on any atom is -0.381 e. The van der Waals surface area contributed by atoms with Crippen LogP contribution in [-0.2, 0) is 19.0 Å². The van der Waals surface area contributed by atoms with Crippen molar-refractivity contribution in [3.05, 3.63) is 0 Å². The lowest BCUT2D eigenvalue weighted by atomic mass is 9.62. The first-order valence-electron chi connectivity index (χ1n) is 4.95. The molecule has 0 aromatic rings. The van der Waals surface area contributed by atoms with Gasteiger partial charge in [-0.05, 0) is 31.1 Å². The van der Waals surface area contributed by atoms with Gasteiger partial charge in [0.2, 0.25) is 0 Å². The Bertz CT molecular complexity index is 295. The first-order chi connectivity index (χ1) is 6.49. The van der Waals surface area contributed by atoms with Gasteiger partial charge in [0.25, 0.3) is 10.1 Å². The lowest BCUT2D eigenvalue weighted by molar-refractivity contribution is -0.0836. The van der Waals surface area contributed by atoms with Gasteiger partial charge in [-0.1, -0.05) is 0 Å². The zero-order valence-corrected chi connectivity index (χ0v) is 9.18. The molecule has 2 fully saturated rings. The Morgan fingerprint density at radius 2 is 1.86 bits per heavy atom. The summed E-state index contributed by atoms with van der Waals surface area (Å²) in [6, 6.07) is 0. The van der Waals surface area contributed by atoms with Gasteiger partial charge >= 0.3 is 0 Å². The predicted molar refractivity (Wildman–Crippen MR) is 51.4 cm³/mol. The smallest absolute Gasteiger partial charge is 0.264 e. The lowest BCUT2D eigenvalue weighted by Crippen LogP contribution is -2.46. The summed E-state index contributed by atoms with van der Waals surface area (Å²) < 4.78 is 31.9. The van der Waals surface area contributed by atoms with Gasteiger partial charge < -0.3 is 4.74 Å². The number of ether oxygens (including phenoxy) is 1. The van der Waals surface area contributed by atoms with E-state index in [9.17, 15) is 8.42 Å². The normalized spacial score (nSPS) is 27.5. The van der Waals surface area contributed by atoms with Crippen molar-refractivity contribution in [1.82, 2.24) is 0 Å². The minimum absolute atomic E-state index is 0.0805. The fourth-order valence-electron chi connectivity index (χ4n) is 2.43. The highest BCUT2D eigenvalue weighted by molar-refractivity contribution is 7.86. The van der Waals surface area contributed by atoms with Crippen molar-refractivity contribution in [2.45, 2.75) is 31.8 Å². The highest BCUT2D eigenvalue weighted by atomic mass is 32.2. The molecule has 4 nitrogen and oxygen atoms in total. The second-order valence-corrected chi connectivity index (χ2v) is 6.04. The molecular formula is C9H16O4S. The van der Waals surface area contributed by atoms with E-state index in [0.29, 0.717) is 5.41 Å². The van der Waals surface area contributed by atoms with Crippen LogP contribution in [0.2, 0.25) is 0 Å². The summed E-state index contributed by atoms with van der Waals surface area (Å²) in [4.78, 5) is 0. The van der Waals surface area contributed by atoms with Gasteiger partial charge in [0.05, 0.1) is 12.4 Å². The minimum atomic E-state index is -3.27. The van der Waals surface area contributed by atoms with Crippen LogP contribution in [0.3, 0.4) is 0 Å². The van der Waals surface area contributed by atoms with Crippen molar-refractivity contribution >= 4 is 10.1 Å². The molecule has 0 aromatic carbocycles. The van der Waals surface area contributed by atoms with E-state index < -0.39 is 10.1 Å². The molecule has 1 saturated heterocycles. The molecule has 1 heterocycles. The number of rotatable bonds is 2. The summed E-state index contributed by atoms with van der Waals surface area (Å²) in [6.45, 7) is 1.62. The van der Waals surface area contributed by atoms with Crippen LogP contribution in [0.1, 0.15) is 25.7 Å². The Morgan fingerprint density at radius 1 is 1.29 bits per heavy atom. The molecule has 0 aromatic heterocycles. The average molecular weight is 220 g/mol. The molecule has 0 N–H and O–H groups in total. The van der Waals surface area contributed by atoms with Crippen LogP contribution in [0, 0.1) is 5.41 Å². The van der Waals surface area contributed by atoms with Crippen LogP contribution < -0.4 is 0 Å². The highest BCUT2D eigenvalue weighted by Gasteiger charge is 2.46. The molecule has 2 aliphatic rings. The summed E-state index contributed by atoms with van der Waals surface area (Å²) in [6.07, 6.45) is 4.89. The first kappa shape index (κ1) is 10.4. The van der Waals surface area contributed by atoms with Crippen molar-refractivity contribution in [2.75, 3.05) is 19.5 Å². The van der Waals surface area contributed by atoms with Crippen LogP contribution in [0.5, 0.6) is 0 Å². The molecule has 0 amide bonds. The van der Waals surface area contributed by atoms with Crippen LogP contribution in [-0.4, -0.2) is 34.0 Å². The standard InChI is InChI=1S/C9H16O4S/c1-14(10,11)13-8-6-9(7-8)2-4-12-5-3-9/h8H,2-7H2,1H3. The Hall–Kier alpha value is -0.130. The maximum atomic E-state index is 10.9. The van der Waals surface area contributed by atoms with E-state index >= 15 is 0 Å². The Labute approximate surface area is 84.7 Å². The largest absolute Gasteiger partial charge is 0.381 e. The van der Waals surface area contributed by atoms with Gasteiger partial charge in [-0.15, -0.1) is 0 Å². The molecule has 5 heteroatoms. The molecule has 14 heavy (non-hydrogen) atoms. The molecule has 2 rings (SSSR count). The van der Waals surface area contributed by atoms with E-state index in [1.54, 1.807) is 0 Å².